The summed E-state index contributed by atoms with van der Waals surface area (Å²) < 4.78 is 25.5. The van der Waals surface area contributed by atoms with Crippen molar-refractivity contribution in [3.8, 4) is 11.5 Å². The third-order valence-electron chi connectivity index (χ3n) is 4.31. The van der Waals surface area contributed by atoms with Crippen LogP contribution in [0.3, 0.4) is 0 Å². The molecule has 0 atom stereocenters. The smallest absolute Gasteiger partial charge is 0.342 e. The molecule has 2 aromatic carbocycles. The number of nitrogens with zero attached hydrogens (tertiary/aromatic N) is 1. The van der Waals surface area contributed by atoms with Gasteiger partial charge in [-0.2, -0.15) is 8.78 Å². The normalized spacial score (nSPS) is 9.50. The van der Waals surface area contributed by atoms with Crippen LogP contribution in [0.25, 0.3) is 0 Å². The van der Waals surface area contributed by atoms with Crippen LogP contribution >= 0.6 is 0 Å². The molecule has 3 N–H and O–H groups in total. The van der Waals surface area contributed by atoms with Gasteiger partial charge < -0.3 is 20.4 Å². The van der Waals surface area contributed by atoms with Gasteiger partial charge in [-0.1, -0.05) is 43.7 Å². The van der Waals surface area contributed by atoms with Crippen molar-refractivity contribution in [3.63, 3.8) is 0 Å². The third-order valence-corrected chi connectivity index (χ3v) is 4.31. The van der Waals surface area contributed by atoms with Crippen molar-refractivity contribution in [2.45, 2.75) is 59.5 Å². The first kappa shape index (κ1) is 34.8. The molecular weight excluding hydrogens is 474 g/mol. The quantitative estimate of drug-likeness (QED) is 0.278. The summed E-state index contributed by atoms with van der Waals surface area (Å²) in [6, 6.07) is 16.4. The van der Waals surface area contributed by atoms with Crippen molar-refractivity contribution in [2.75, 3.05) is 13.7 Å². The maximum Gasteiger partial charge on any atom is 0.342 e. The van der Waals surface area contributed by atoms with Gasteiger partial charge in [0.05, 0.1) is 7.11 Å². The molecule has 2 rings (SSSR count). The van der Waals surface area contributed by atoms with E-state index >= 15 is 0 Å². The Hall–Kier alpha value is -3.37. The lowest BCUT2D eigenvalue weighted by atomic mass is 10.0. The second kappa shape index (κ2) is 22.1. The monoisotopic (exact) mass is 512 g/mol. The van der Waals surface area contributed by atoms with Gasteiger partial charge >= 0.3 is 6.61 Å². The maximum absolute atomic E-state index is 10.8. The summed E-state index contributed by atoms with van der Waals surface area (Å²) in [6.45, 7) is 5.29. The Bertz CT molecular complexity index is 829. The second-order valence-electron chi connectivity index (χ2n) is 7.52. The number of hydrogen-bond donors (Lipinski definition) is 2. The van der Waals surface area contributed by atoms with E-state index < -0.39 is 6.61 Å². The molecule has 0 aliphatic carbocycles. The first-order valence-electron chi connectivity index (χ1n) is 11.2. The Morgan fingerprint density at radius 1 is 1.03 bits per heavy atom. The van der Waals surface area contributed by atoms with Crippen LogP contribution in [-0.2, 0) is 19.2 Å². The van der Waals surface area contributed by atoms with E-state index in [1.54, 1.807) is 0 Å². The molecule has 0 bridgehead atoms. The van der Waals surface area contributed by atoms with Crippen molar-refractivity contribution in [1.82, 2.24) is 5.06 Å². The molecule has 202 valence electrons. The SMILES string of the molecule is CON(CCCCC=O)C(C)=O.Cc1ccc(Oc2ccc(C(C)C)cc2)cc1.NC=O.OC(F)F. The number of aryl methyl sites for hydroxylation is 1. The number of aldehydes is 1. The molecule has 0 aliphatic heterocycles. The Morgan fingerprint density at radius 2 is 1.47 bits per heavy atom. The minimum absolute atomic E-state index is 0.108. The van der Waals surface area contributed by atoms with E-state index in [0.29, 0.717) is 18.9 Å². The van der Waals surface area contributed by atoms with Crippen molar-refractivity contribution in [2.24, 2.45) is 5.73 Å². The molecule has 36 heavy (non-hydrogen) atoms. The summed E-state index contributed by atoms with van der Waals surface area (Å²) in [5.74, 6) is 2.22. The van der Waals surface area contributed by atoms with Crippen molar-refractivity contribution < 1.29 is 37.8 Å². The lowest BCUT2D eigenvalue weighted by Gasteiger charge is -2.16. The van der Waals surface area contributed by atoms with Crippen LogP contribution in [0.15, 0.2) is 48.5 Å². The molecule has 0 heterocycles. The molecule has 0 radical (unpaired) electrons. The summed E-state index contributed by atoms with van der Waals surface area (Å²) in [6.07, 6.45) is 3.28. The number of hydrogen-bond acceptors (Lipinski definition) is 6. The van der Waals surface area contributed by atoms with Crippen LogP contribution in [0.4, 0.5) is 8.78 Å². The molecule has 0 saturated heterocycles. The lowest BCUT2D eigenvalue weighted by Crippen LogP contribution is -2.28. The largest absolute Gasteiger partial charge is 0.457 e. The number of amides is 2. The van der Waals surface area contributed by atoms with E-state index in [1.165, 1.54) is 30.2 Å². The highest BCUT2D eigenvalue weighted by atomic mass is 19.3. The first-order valence-corrected chi connectivity index (χ1v) is 11.2. The van der Waals surface area contributed by atoms with Gasteiger partial charge in [0.25, 0.3) is 0 Å². The fourth-order valence-corrected chi connectivity index (χ4v) is 2.52. The molecule has 0 aromatic heterocycles. The van der Waals surface area contributed by atoms with Crippen LogP contribution in [0.1, 0.15) is 57.1 Å². The van der Waals surface area contributed by atoms with Gasteiger partial charge in [-0.15, -0.1) is 0 Å². The van der Waals surface area contributed by atoms with E-state index in [-0.39, 0.29) is 12.3 Å². The number of carbonyl (C=O) groups is 3. The van der Waals surface area contributed by atoms with Crippen LogP contribution in [0.2, 0.25) is 0 Å². The zero-order valence-corrected chi connectivity index (χ0v) is 21.5. The van der Waals surface area contributed by atoms with Crippen molar-refractivity contribution >= 4 is 18.6 Å². The number of aliphatic hydroxyl groups excluding tert-OH is 1. The van der Waals surface area contributed by atoms with Gasteiger partial charge in [0.1, 0.15) is 17.8 Å². The maximum atomic E-state index is 10.8. The third kappa shape index (κ3) is 20.0. The van der Waals surface area contributed by atoms with Gasteiger partial charge in [-0.05, 0) is 55.5 Å². The standard InChI is InChI=1S/C16H18O.C8H15NO3.CH2F2O.CH3NO/c1-12(2)14-6-10-16(11-7-14)17-15-8-4-13(3)5-9-15;1-8(11)9(12-2)6-4-3-5-7-10;2-1(3)4;2-1-3/h4-12H,1-3H3;7H,3-6H2,1-2H3;1,4H;1H,(H2,2,3). The lowest BCUT2D eigenvalue weighted by molar-refractivity contribution is -0.173. The molecule has 0 saturated carbocycles. The zero-order chi connectivity index (χ0) is 27.9. The van der Waals surface area contributed by atoms with Crippen LogP contribution in [0, 0.1) is 6.92 Å². The Kier molecular flexibility index (Phi) is 21.4. The number of ether oxygens (including phenoxy) is 1. The minimum Gasteiger partial charge on any atom is -0.457 e. The molecule has 8 nitrogen and oxygen atoms in total. The number of alkyl halides is 2. The van der Waals surface area contributed by atoms with E-state index in [4.69, 9.17) is 19.5 Å². The van der Waals surface area contributed by atoms with E-state index in [0.717, 1.165) is 30.6 Å². The molecule has 2 aromatic rings. The number of unbranched alkanes of at least 4 members (excludes halogenated alkanes) is 2. The minimum atomic E-state index is -3.17. The average Bonchev–Trinajstić information content (AvgIpc) is 2.81. The summed E-state index contributed by atoms with van der Waals surface area (Å²) in [5.41, 5.74) is 6.74. The number of nitrogens with two attached hydrogens (primary N) is 1. The van der Waals surface area contributed by atoms with Gasteiger partial charge in [-0.25, -0.2) is 5.06 Å². The van der Waals surface area contributed by atoms with Crippen LogP contribution in [0.5, 0.6) is 11.5 Å². The van der Waals surface area contributed by atoms with E-state index in [2.05, 4.69) is 50.8 Å². The molecule has 0 aliphatic rings. The van der Waals surface area contributed by atoms with Crippen molar-refractivity contribution in [3.05, 3.63) is 59.7 Å². The second-order valence-corrected chi connectivity index (χ2v) is 7.52. The number of halogens is 2. The summed E-state index contributed by atoms with van der Waals surface area (Å²) in [7, 11) is 1.46. The molecule has 2 amide bonds. The molecule has 0 unspecified atom stereocenters. The molecular formula is C26H38F2N2O6. The van der Waals surface area contributed by atoms with E-state index in [1.807, 2.05) is 24.3 Å². The topological polar surface area (TPSA) is 119 Å². The van der Waals surface area contributed by atoms with Crippen LogP contribution in [-0.4, -0.2) is 49.0 Å². The fraction of sp³-hybridized carbons (Fsp3) is 0.423. The molecule has 0 spiro atoms. The van der Waals surface area contributed by atoms with Gasteiger partial charge in [0.15, 0.2) is 0 Å². The Balaban J connectivity index is 0. The molecule has 10 heteroatoms. The average molecular weight is 513 g/mol. The van der Waals surface area contributed by atoms with Gasteiger partial charge in [-0.3, -0.25) is 14.4 Å². The van der Waals surface area contributed by atoms with Crippen molar-refractivity contribution in [1.29, 1.82) is 0 Å². The highest BCUT2D eigenvalue weighted by molar-refractivity contribution is 5.71. The number of benzene rings is 2. The highest BCUT2D eigenvalue weighted by Crippen LogP contribution is 2.24. The Morgan fingerprint density at radius 3 is 1.83 bits per heavy atom. The summed E-state index contributed by atoms with van der Waals surface area (Å²) >= 11 is 0. The number of aliphatic hydroxyl groups is 1. The highest BCUT2D eigenvalue weighted by Gasteiger charge is 2.05. The van der Waals surface area contributed by atoms with Gasteiger partial charge in [0, 0.05) is 19.9 Å². The fourth-order valence-electron chi connectivity index (χ4n) is 2.52. The number of primary amides is 1. The summed E-state index contributed by atoms with van der Waals surface area (Å²) in [5, 5.41) is 8.00. The predicted octanol–water partition coefficient (Wildman–Crippen LogP) is 4.98. The van der Waals surface area contributed by atoms with Gasteiger partial charge in [0.2, 0.25) is 12.3 Å². The zero-order valence-electron chi connectivity index (χ0n) is 21.5. The predicted molar refractivity (Wildman–Crippen MR) is 135 cm³/mol. The first-order chi connectivity index (χ1) is 17.0. The number of carbonyl (C=O) groups excluding carboxylic acids is 3. The molecule has 0 fully saturated rings. The summed E-state index contributed by atoms with van der Waals surface area (Å²) in [4.78, 5) is 34.1. The van der Waals surface area contributed by atoms with E-state index in [9.17, 15) is 18.4 Å². The number of hydroxylamine groups is 2. The Labute approximate surface area is 212 Å². The number of rotatable bonds is 9. The van der Waals surface area contributed by atoms with Crippen LogP contribution < -0.4 is 10.5 Å².